The summed E-state index contributed by atoms with van der Waals surface area (Å²) in [5.74, 6) is 1.52. The quantitative estimate of drug-likeness (QED) is 0.777. The zero-order chi connectivity index (χ0) is 16.2. The number of hydrogen-bond donors (Lipinski definition) is 1. The second-order valence-corrected chi connectivity index (χ2v) is 6.42. The highest BCUT2D eigenvalue weighted by atomic mass is 32.1. The molecule has 3 heterocycles. The summed E-state index contributed by atoms with van der Waals surface area (Å²) in [6, 6.07) is 5.75. The Morgan fingerprint density at radius 1 is 1.09 bits per heavy atom. The molecule has 0 spiro atoms. The molecule has 118 valence electrons. The Bertz CT molecular complexity index is 798. The zero-order valence-electron chi connectivity index (χ0n) is 13.5. The van der Waals surface area contributed by atoms with E-state index in [1.54, 1.807) is 17.5 Å². The molecule has 0 radical (unpaired) electrons. The smallest absolute Gasteiger partial charge is 0.180 e. The highest BCUT2D eigenvalue weighted by Gasteiger charge is 2.10. The van der Waals surface area contributed by atoms with Gasteiger partial charge in [0.2, 0.25) is 0 Å². The van der Waals surface area contributed by atoms with E-state index in [-0.39, 0.29) is 0 Å². The Morgan fingerprint density at radius 3 is 2.65 bits per heavy atom. The molecule has 0 aliphatic carbocycles. The van der Waals surface area contributed by atoms with Gasteiger partial charge in [-0.2, -0.15) is 0 Å². The minimum atomic E-state index is 0.653. The molecule has 1 N–H and O–H groups in total. The summed E-state index contributed by atoms with van der Waals surface area (Å²) in [5, 5.41) is 6.62. The molecule has 23 heavy (non-hydrogen) atoms. The highest BCUT2D eigenvalue weighted by Crippen LogP contribution is 2.20. The molecule has 0 unspecified atom stereocenters. The van der Waals surface area contributed by atoms with Gasteiger partial charge >= 0.3 is 0 Å². The van der Waals surface area contributed by atoms with Crippen molar-refractivity contribution in [3.63, 3.8) is 0 Å². The third-order valence-electron chi connectivity index (χ3n) is 3.62. The number of aryl methyl sites for hydroxylation is 2. The molecule has 0 aromatic carbocycles. The SMILES string of the molecule is Cc1nc(CCNc2nc(-c3ccccn3)nc(C)c2C)cs1. The Labute approximate surface area is 139 Å². The predicted molar refractivity (Wildman–Crippen MR) is 93.8 cm³/mol. The molecule has 0 aliphatic rings. The van der Waals surface area contributed by atoms with Crippen LogP contribution in [-0.4, -0.2) is 26.5 Å². The second kappa shape index (κ2) is 6.83. The first kappa shape index (κ1) is 15.6. The third kappa shape index (κ3) is 3.71. The van der Waals surface area contributed by atoms with Crippen molar-refractivity contribution >= 4 is 17.2 Å². The predicted octanol–water partition coefficient (Wildman–Crippen LogP) is 3.57. The summed E-state index contributed by atoms with van der Waals surface area (Å²) < 4.78 is 0. The number of nitrogens with one attached hydrogen (secondary N) is 1. The third-order valence-corrected chi connectivity index (χ3v) is 4.45. The van der Waals surface area contributed by atoms with Gasteiger partial charge in [0.05, 0.1) is 10.7 Å². The summed E-state index contributed by atoms with van der Waals surface area (Å²) in [6.07, 6.45) is 2.64. The molecule has 0 aliphatic heterocycles. The molecular formula is C17H19N5S. The van der Waals surface area contributed by atoms with E-state index in [0.717, 1.165) is 46.4 Å². The number of pyridine rings is 1. The van der Waals surface area contributed by atoms with Gasteiger partial charge in [-0.25, -0.2) is 15.0 Å². The van der Waals surface area contributed by atoms with Crippen LogP contribution in [0.4, 0.5) is 5.82 Å². The second-order valence-electron chi connectivity index (χ2n) is 5.36. The van der Waals surface area contributed by atoms with Crippen molar-refractivity contribution in [2.45, 2.75) is 27.2 Å². The largest absolute Gasteiger partial charge is 0.369 e. The minimum absolute atomic E-state index is 0.653. The summed E-state index contributed by atoms with van der Waals surface area (Å²) in [4.78, 5) is 18.0. The van der Waals surface area contributed by atoms with Gasteiger partial charge in [-0.15, -0.1) is 11.3 Å². The van der Waals surface area contributed by atoms with Crippen LogP contribution in [0.15, 0.2) is 29.8 Å². The van der Waals surface area contributed by atoms with Crippen LogP contribution in [0.3, 0.4) is 0 Å². The average molecular weight is 325 g/mol. The van der Waals surface area contributed by atoms with Gasteiger partial charge < -0.3 is 5.32 Å². The van der Waals surface area contributed by atoms with E-state index < -0.39 is 0 Å². The van der Waals surface area contributed by atoms with Crippen molar-refractivity contribution in [3.8, 4) is 11.5 Å². The van der Waals surface area contributed by atoms with E-state index in [9.17, 15) is 0 Å². The van der Waals surface area contributed by atoms with Gasteiger partial charge in [0.15, 0.2) is 5.82 Å². The lowest BCUT2D eigenvalue weighted by Gasteiger charge is -2.11. The van der Waals surface area contributed by atoms with Crippen LogP contribution in [0.5, 0.6) is 0 Å². The number of aromatic nitrogens is 4. The fourth-order valence-electron chi connectivity index (χ4n) is 2.24. The molecule has 0 amide bonds. The molecular weight excluding hydrogens is 306 g/mol. The lowest BCUT2D eigenvalue weighted by Crippen LogP contribution is -2.10. The Hall–Kier alpha value is -2.34. The number of nitrogens with zero attached hydrogens (tertiary/aromatic N) is 4. The van der Waals surface area contributed by atoms with Crippen LogP contribution in [0.2, 0.25) is 0 Å². The van der Waals surface area contributed by atoms with E-state index in [4.69, 9.17) is 0 Å². The topological polar surface area (TPSA) is 63.6 Å². The van der Waals surface area contributed by atoms with Crippen molar-refractivity contribution < 1.29 is 0 Å². The Morgan fingerprint density at radius 2 is 1.96 bits per heavy atom. The Kier molecular flexibility index (Phi) is 4.62. The van der Waals surface area contributed by atoms with Crippen molar-refractivity contribution in [1.29, 1.82) is 0 Å². The lowest BCUT2D eigenvalue weighted by atomic mass is 10.2. The normalized spacial score (nSPS) is 10.7. The van der Waals surface area contributed by atoms with Crippen molar-refractivity contribution in [2.75, 3.05) is 11.9 Å². The molecule has 0 bridgehead atoms. The van der Waals surface area contributed by atoms with E-state index in [2.05, 4.69) is 30.6 Å². The van der Waals surface area contributed by atoms with Gasteiger partial charge in [-0.1, -0.05) is 6.07 Å². The lowest BCUT2D eigenvalue weighted by molar-refractivity contribution is 0.948. The van der Waals surface area contributed by atoms with Crippen molar-refractivity contribution in [1.82, 2.24) is 19.9 Å². The van der Waals surface area contributed by atoms with E-state index in [1.807, 2.05) is 39.0 Å². The highest BCUT2D eigenvalue weighted by molar-refractivity contribution is 7.09. The van der Waals surface area contributed by atoms with Crippen LogP contribution in [0.25, 0.3) is 11.5 Å². The number of anilines is 1. The fourth-order valence-corrected chi connectivity index (χ4v) is 2.89. The van der Waals surface area contributed by atoms with Crippen LogP contribution in [0.1, 0.15) is 22.0 Å². The standard InChI is InChI=1S/C17H19N5S/c1-11-12(2)20-17(15-6-4-5-8-18-15)22-16(11)19-9-7-14-10-23-13(3)21-14/h4-6,8,10H,7,9H2,1-3H3,(H,19,20,22). The monoisotopic (exact) mass is 325 g/mol. The van der Waals surface area contributed by atoms with E-state index >= 15 is 0 Å². The van der Waals surface area contributed by atoms with Gasteiger partial charge in [0, 0.05) is 35.8 Å². The van der Waals surface area contributed by atoms with Gasteiger partial charge in [-0.3, -0.25) is 4.98 Å². The number of thiazole rings is 1. The molecule has 0 atom stereocenters. The maximum Gasteiger partial charge on any atom is 0.180 e. The molecule has 0 saturated carbocycles. The minimum Gasteiger partial charge on any atom is -0.369 e. The summed E-state index contributed by atoms with van der Waals surface area (Å²) in [7, 11) is 0. The molecule has 3 aromatic heterocycles. The van der Waals surface area contributed by atoms with Crippen molar-refractivity contribution in [2.24, 2.45) is 0 Å². The average Bonchev–Trinajstić information content (AvgIpc) is 2.97. The zero-order valence-corrected chi connectivity index (χ0v) is 14.3. The number of hydrogen-bond acceptors (Lipinski definition) is 6. The van der Waals surface area contributed by atoms with E-state index in [1.165, 1.54) is 0 Å². The fraction of sp³-hybridized carbons (Fsp3) is 0.294. The first-order valence-corrected chi connectivity index (χ1v) is 8.43. The van der Waals surface area contributed by atoms with Crippen LogP contribution < -0.4 is 5.32 Å². The van der Waals surface area contributed by atoms with Crippen LogP contribution >= 0.6 is 11.3 Å². The van der Waals surface area contributed by atoms with Crippen LogP contribution in [-0.2, 0) is 6.42 Å². The maximum absolute atomic E-state index is 4.64. The van der Waals surface area contributed by atoms with E-state index in [0.29, 0.717) is 5.82 Å². The van der Waals surface area contributed by atoms with Gasteiger partial charge in [0.25, 0.3) is 0 Å². The molecule has 3 aromatic rings. The van der Waals surface area contributed by atoms with Gasteiger partial charge in [-0.05, 0) is 32.9 Å². The molecule has 0 fully saturated rings. The van der Waals surface area contributed by atoms with Crippen LogP contribution in [0, 0.1) is 20.8 Å². The molecule has 0 saturated heterocycles. The van der Waals surface area contributed by atoms with Gasteiger partial charge in [0.1, 0.15) is 11.5 Å². The summed E-state index contributed by atoms with van der Waals surface area (Å²) >= 11 is 1.68. The summed E-state index contributed by atoms with van der Waals surface area (Å²) in [6.45, 7) is 6.85. The first-order valence-electron chi connectivity index (χ1n) is 7.55. The number of rotatable bonds is 5. The summed E-state index contributed by atoms with van der Waals surface area (Å²) in [5.41, 5.74) is 3.94. The molecule has 5 nitrogen and oxygen atoms in total. The molecule has 6 heteroatoms. The molecule has 3 rings (SSSR count). The first-order chi connectivity index (χ1) is 11.1. The Balaban J connectivity index is 1.77. The maximum atomic E-state index is 4.64. The van der Waals surface area contributed by atoms with Crippen molar-refractivity contribution in [3.05, 3.63) is 51.7 Å².